The summed E-state index contributed by atoms with van der Waals surface area (Å²) >= 11 is 3.44. The van der Waals surface area contributed by atoms with E-state index < -0.39 is 0 Å². The van der Waals surface area contributed by atoms with Gasteiger partial charge in [-0.3, -0.25) is 16.0 Å². The lowest BCUT2D eigenvalue weighted by Crippen LogP contribution is -2.30. The molecular formula is C12H16BrN5. The molecule has 2 aromatic rings. The highest BCUT2D eigenvalue weighted by atomic mass is 79.9. The third kappa shape index (κ3) is 2.90. The number of aromatic nitrogens is 2. The van der Waals surface area contributed by atoms with Crippen LogP contribution in [0.25, 0.3) is 0 Å². The van der Waals surface area contributed by atoms with Gasteiger partial charge in [0.05, 0.1) is 12.2 Å². The molecule has 5 nitrogen and oxygen atoms in total. The molecule has 1 unspecified atom stereocenters. The topological polar surface area (TPSA) is 81.9 Å². The highest BCUT2D eigenvalue weighted by Gasteiger charge is 2.14. The summed E-state index contributed by atoms with van der Waals surface area (Å²) in [6, 6.07) is 5.73. The summed E-state index contributed by atoms with van der Waals surface area (Å²) in [4.78, 5) is 0. The number of nitrogen functional groups attached to an aromatic ring is 1. The van der Waals surface area contributed by atoms with Crippen molar-refractivity contribution >= 4 is 21.6 Å². The highest BCUT2D eigenvalue weighted by molar-refractivity contribution is 9.10. The van der Waals surface area contributed by atoms with Crippen molar-refractivity contribution in [2.45, 2.75) is 12.5 Å². The van der Waals surface area contributed by atoms with Gasteiger partial charge >= 0.3 is 0 Å². The van der Waals surface area contributed by atoms with Crippen molar-refractivity contribution in [1.82, 2.24) is 15.2 Å². The molecule has 5 N–H and O–H groups in total. The van der Waals surface area contributed by atoms with Gasteiger partial charge in [0.25, 0.3) is 0 Å². The summed E-state index contributed by atoms with van der Waals surface area (Å²) in [7, 11) is 1.89. The average Bonchev–Trinajstić information content (AvgIpc) is 2.75. The Hall–Kier alpha value is -1.37. The molecule has 1 heterocycles. The maximum Gasteiger partial charge on any atom is 0.0522 e. The smallest absolute Gasteiger partial charge is 0.0522 e. The van der Waals surface area contributed by atoms with Crippen LogP contribution in [0.15, 0.2) is 35.1 Å². The first-order valence-corrected chi connectivity index (χ1v) is 6.38. The number of benzene rings is 1. The summed E-state index contributed by atoms with van der Waals surface area (Å²) in [6.45, 7) is 0. The molecular weight excluding hydrogens is 294 g/mol. The van der Waals surface area contributed by atoms with Crippen LogP contribution in [0.4, 0.5) is 5.69 Å². The fraction of sp³-hybridized carbons (Fsp3) is 0.250. The lowest BCUT2D eigenvalue weighted by Gasteiger charge is -2.17. The average molecular weight is 310 g/mol. The molecule has 2 rings (SSSR count). The van der Waals surface area contributed by atoms with Gasteiger partial charge in [-0.05, 0) is 35.7 Å². The van der Waals surface area contributed by atoms with Crippen LogP contribution in [0.1, 0.15) is 17.2 Å². The van der Waals surface area contributed by atoms with Crippen LogP contribution < -0.4 is 17.0 Å². The minimum atomic E-state index is -0.0355. The van der Waals surface area contributed by atoms with Crippen molar-refractivity contribution in [1.29, 1.82) is 0 Å². The fourth-order valence-corrected chi connectivity index (χ4v) is 2.30. The number of halogens is 1. The van der Waals surface area contributed by atoms with E-state index >= 15 is 0 Å². The maximum atomic E-state index is 5.99. The second-order valence-corrected chi connectivity index (χ2v) is 5.13. The maximum absolute atomic E-state index is 5.99. The summed E-state index contributed by atoms with van der Waals surface area (Å²) in [6.07, 6.45) is 4.54. The molecule has 96 valence electrons. The van der Waals surface area contributed by atoms with Crippen molar-refractivity contribution < 1.29 is 0 Å². The number of rotatable bonds is 4. The molecule has 1 aromatic carbocycles. The molecule has 0 bridgehead atoms. The molecule has 1 atom stereocenters. The third-order valence-electron chi connectivity index (χ3n) is 2.82. The lowest BCUT2D eigenvalue weighted by atomic mass is 10.00. The van der Waals surface area contributed by atoms with E-state index in [1.165, 1.54) is 0 Å². The quantitative estimate of drug-likeness (QED) is 0.454. The standard InChI is InChI=1S/C12H16BrN5/c1-18-7-8(6-16-18)4-12(17-15)10-5-9(13)2-3-11(10)14/h2-3,5-7,12,17H,4,14-15H2,1H3. The monoisotopic (exact) mass is 309 g/mol. The Morgan fingerprint density at radius 3 is 2.89 bits per heavy atom. The van der Waals surface area contributed by atoms with Crippen molar-refractivity contribution in [3.05, 3.63) is 46.2 Å². The zero-order valence-corrected chi connectivity index (χ0v) is 11.7. The minimum Gasteiger partial charge on any atom is -0.398 e. The number of hydrogen-bond donors (Lipinski definition) is 3. The first kappa shape index (κ1) is 13.1. The van der Waals surface area contributed by atoms with Crippen molar-refractivity contribution in [2.24, 2.45) is 12.9 Å². The minimum absolute atomic E-state index is 0.0355. The van der Waals surface area contributed by atoms with Gasteiger partial charge < -0.3 is 5.73 Å². The molecule has 0 saturated carbocycles. The summed E-state index contributed by atoms with van der Waals surface area (Å²) in [5, 5.41) is 4.15. The van der Waals surface area contributed by atoms with E-state index in [1.807, 2.05) is 37.6 Å². The van der Waals surface area contributed by atoms with Crippen LogP contribution in [-0.2, 0) is 13.5 Å². The Balaban J connectivity index is 2.25. The van der Waals surface area contributed by atoms with E-state index in [9.17, 15) is 0 Å². The first-order valence-electron chi connectivity index (χ1n) is 5.58. The molecule has 0 fully saturated rings. The van der Waals surface area contributed by atoms with Gasteiger partial charge in [-0.1, -0.05) is 15.9 Å². The van der Waals surface area contributed by atoms with Gasteiger partial charge in [-0.15, -0.1) is 0 Å². The molecule has 0 spiro atoms. The van der Waals surface area contributed by atoms with Crippen LogP contribution in [-0.4, -0.2) is 9.78 Å². The SMILES string of the molecule is Cn1cc(CC(NN)c2cc(Br)ccc2N)cn1. The van der Waals surface area contributed by atoms with Gasteiger partial charge in [-0.2, -0.15) is 5.10 Å². The molecule has 0 aliphatic rings. The van der Waals surface area contributed by atoms with E-state index in [1.54, 1.807) is 4.68 Å². The molecule has 18 heavy (non-hydrogen) atoms. The highest BCUT2D eigenvalue weighted by Crippen LogP contribution is 2.26. The normalized spacial score (nSPS) is 12.6. The second kappa shape index (κ2) is 5.51. The van der Waals surface area contributed by atoms with E-state index in [-0.39, 0.29) is 6.04 Å². The zero-order valence-electron chi connectivity index (χ0n) is 10.1. The summed E-state index contributed by atoms with van der Waals surface area (Å²) in [5.41, 5.74) is 11.6. The first-order chi connectivity index (χ1) is 8.60. The summed E-state index contributed by atoms with van der Waals surface area (Å²) in [5.74, 6) is 5.63. The Bertz CT molecular complexity index is 537. The van der Waals surface area contributed by atoms with Gasteiger partial charge in [0, 0.05) is 23.4 Å². The lowest BCUT2D eigenvalue weighted by molar-refractivity contribution is 0.553. The summed E-state index contributed by atoms with van der Waals surface area (Å²) < 4.78 is 2.76. The number of nitrogens with zero attached hydrogens (tertiary/aromatic N) is 2. The van der Waals surface area contributed by atoms with Gasteiger partial charge in [0.1, 0.15) is 0 Å². The van der Waals surface area contributed by atoms with Crippen LogP contribution >= 0.6 is 15.9 Å². The predicted molar refractivity (Wildman–Crippen MR) is 75.5 cm³/mol. The molecule has 6 heteroatoms. The van der Waals surface area contributed by atoms with E-state index in [4.69, 9.17) is 11.6 Å². The fourth-order valence-electron chi connectivity index (χ4n) is 1.92. The molecule has 0 amide bonds. The van der Waals surface area contributed by atoms with Gasteiger partial charge in [0.15, 0.2) is 0 Å². The van der Waals surface area contributed by atoms with Gasteiger partial charge in [0.2, 0.25) is 0 Å². The third-order valence-corrected chi connectivity index (χ3v) is 3.32. The van der Waals surface area contributed by atoms with Crippen molar-refractivity contribution in [2.75, 3.05) is 5.73 Å². The number of nitrogens with two attached hydrogens (primary N) is 2. The molecule has 0 aliphatic carbocycles. The van der Waals surface area contributed by atoms with Crippen LogP contribution in [0.3, 0.4) is 0 Å². The van der Waals surface area contributed by atoms with Crippen LogP contribution in [0, 0.1) is 0 Å². The Labute approximate surface area is 114 Å². The van der Waals surface area contributed by atoms with Crippen LogP contribution in [0.2, 0.25) is 0 Å². The number of aryl methyl sites for hydroxylation is 1. The Kier molecular flexibility index (Phi) is 4.00. The van der Waals surface area contributed by atoms with E-state index in [0.29, 0.717) is 0 Å². The Morgan fingerprint density at radius 2 is 2.28 bits per heavy atom. The van der Waals surface area contributed by atoms with E-state index in [0.717, 1.165) is 27.7 Å². The number of hydrogen-bond acceptors (Lipinski definition) is 4. The number of anilines is 1. The van der Waals surface area contributed by atoms with Crippen molar-refractivity contribution in [3.8, 4) is 0 Å². The zero-order chi connectivity index (χ0) is 13.1. The Morgan fingerprint density at radius 1 is 1.50 bits per heavy atom. The molecule has 0 saturated heterocycles. The second-order valence-electron chi connectivity index (χ2n) is 4.22. The predicted octanol–water partition coefficient (Wildman–Crippen LogP) is 1.51. The van der Waals surface area contributed by atoms with Crippen LogP contribution in [0.5, 0.6) is 0 Å². The largest absolute Gasteiger partial charge is 0.398 e. The molecule has 1 aromatic heterocycles. The molecule has 0 aliphatic heterocycles. The van der Waals surface area contributed by atoms with Crippen molar-refractivity contribution in [3.63, 3.8) is 0 Å². The number of nitrogens with one attached hydrogen (secondary N) is 1. The number of hydrazine groups is 1. The van der Waals surface area contributed by atoms with E-state index in [2.05, 4.69) is 26.5 Å². The van der Waals surface area contributed by atoms with Gasteiger partial charge in [-0.25, -0.2) is 0 Å². The molecule has 0 radical (unpaired) electrons.